The number of rotatable bonds is 2. The molecular formula is C13H13N5. The molecule has 0 amide bonds. The van der Waals surface area contributed by atoms with E-state index in [1.54, 1.807) is 6.33 Å². The van der Waals surface area contributed by atoms with Crippen LogP contribution in [0.5, 0.6) is 0 Å². The fraction of sp³-hybridized carbons (Fsp3) is 0.154. The molecule has 2 aromatic heterocycles. The first-order chi connectivity index (χ1) is 8.74. The Morgan fingerprint density at radius 1 is 1.06 bits per heavy atom. The van der Waals surface area contributed by atoms with Gasteiger partial charge in [-0.2, -0.15) is 0 Å². The highest BCUT2D eigenvalue weighted by atomic mass is 15.1. The summed E-state index contributed by atoms with van der Waals surface area (Å²) >= 11 is 0. The summed E-state index contributed by atoms with van der Waals surface area (Å²) in [4.78, 5) is 12.6. The Hall–Kier alpha value is -2.43. The van der Waals surface area contributed by atoms with Gasteiger partial charge in [0.2, 0.25) is 0 Å². The zero-order valence-corrected chi connectivity index (χ0v) is 10.3. The van der Waals surface area contributed by atoms with Crippen molar-refractivity contribution in [2.45, 2.75) is 6.92 Å². The van der Waals surface area contributed by atoms with Crippen LogP contribution in [0.1, 0.15) is 5.56 Å². The lowest BCUT2D eigenvalue weighted by atomic mass is 10.2. The molecule has 0 saturated carbocycles. The van der Waals surface area contributed by atoms with Crippen LogP contribution in [-0.4, -0.2) is 19.5 Å². The second-order valence-corrected chi connectivity index (χ2v) is 4.24. The van der Waals surface area contributed by atoms with Gasteiger partial charge < -0.3 is 9.88 Å². The average Bonchev–Trinajstić information content (AvgIpc) is 2.75. The minimum absolute atomic E-state index is 0.696. The van der Waals surface area contributed by atoms with E-state index in [9.17, 15) is 0 Å². The first kappa shape index (κ1) is 10.7. The number of hydrogen-bond donors (Lipinski definition) is 1. The van der Waals surface area contributed by atoms with E-state index in [4.69, 9.17) is 0 Å². The number of imidazole rings is 1. The van der Waals surface area contributed by atoms with E-state index in [-0.39, 0.29) is 0 Å². The number of hydrogen-bond acceptors (Lipinski definition) is 4. The Morgan fingerprint density at radius 3 is 2.61 bits per heavy atom. The monoisotopic (exact) mass is 239 g/mol. The van der Waals surface area contributed by atoms with Crippen LogP contribution < -0.4 is 5.32 Å². The number of nitrogens with zero attached hydrogens (tertiary/aromatic N) is 4. The van der Waals surface area contributed by atoms with E-state index in [1.165, 1.54) is 11.9 Å². The molecule has 0 bridgehead atoms. The van der Waals surface area contributed by atoms with Gasteiger partial charge in [0.25, 0.3) is 0 Å². The Morgan fingerprint density at radius 2 is 1.83 bits per heavy atom. The maximum absolute atomic E-state index is 4.27. The van der Waals surface area contributed by atoms with Crippen molar-refractivity contribution < 1.29 is 0 Å². The van der Waals surface area contributed by atoms with Crippen molar-refractivity contribution in [2.24, 2.45) is 7.05 Å². The summed E-state index contributed by atoms with van der Waals surface area (Å²) in [6.07, 6.45) is 3.26. The van der Waals surface area contributed by atoms with Gasteiger partial charge >= 0.3 is 0 Å². The number of aryl methyl sites for hydroxylation is 2. The molecule has 5 heteroatoms. The van der Waals surface area contributed by atoms with Crippen molar-refractivity contribution in [1.29, 1.82) is 0 Å². The molecule has 0 saturated heterocycles. The molecular weight excluding hydrogens is 226 g/mol. The number of anilines is 2. The third kappa shape index (κ3) is 1.79. The van der Waals surface area contributed by atoms with Gasteiger partial charge in [-0.05, 0) is 19.1 Å². The summed E-state index contributed by atoms with van der Waals surface area (Å²) in [5, 5.41) is 3.29. The van der Waals surface area contributed by atoms with Crippen molar-refractivity contribution >= 4 is 22.7 Å². The minimum atomic E-state index is 0.696. The number of fused-ring (bicyclic) bond motifs is 1. The van der Waals surface area contributed by atoms with E-state index in [0.29, 0.717) is 5.65 Å². The van der Waals surface area contributed by atoms with E-state index < -0.39 is 0 Å². The summed E-state index contributed by atoms with van der Waals surface area (Å²) < 4.78 is 1.91. The predicted octanol–water partition coefficient (Wildman–Crippen LogP) is 2.42. The number of aromatic nitrogens is 4. The van der Waals surface area contributed by atoms with Crippen molar-refractivity contribution in [1.82, 2.24) is 19.5 Å². The molecule has 0 atom stereocenters. The van der Waals surface area contributed by atoms with Crippen LogP contribution in [0.2, 0.25) is 0 Å². The Balaban J connectivity index is 2.04. The number of nitrogens with one attached hydrogen (secondary N) is 1. The van der Waals surface area contributed by atoms with Crippen LogP contribution in [-0.2, 0) is 7.05 Å². The lowest BCUT2D eigenvalue weighted by Crippen LogP contribution is -1.98. The third-order valence-electron chi connectivity index (χ3n) is 2.82. The summed E-state index contributed by atoms with van der Waals surface area (Å²) in [5.41, 5.74) is 3.83. The van der Waals surface area contributed by atoms with Crippen LogP contribution >= 0.6 is 0 Å². The molecule has 2 heterocycles. The molecule has 5 nitrogen and oxygen atoms in total. The fourth-order valence-electron chi connectivity index (χ4n) is 1.85. The standard InChI is InChI=1S/C13H13N5/c1-9-3-5-10(6-4-9)17-13-11-12(14-7-15-13)16-8-18(11)2/h3-8H,1-2H3,(H,14,15,17). The van der Waals surface area contributed by atoms with Crippen LogP contribution in [0.15, 0.2) is 36.9 Å². The average molecular weight is 239 g/mol. The van der Waals surface area contributed by atoms with Gasteiger partial charge in [0.1, 0.15) is 11.8 Å². The first-order valence-corrected chi connectivity index (χ1v) is 5.70. The van der Waals surface area contributed by atoms with Gasteiger partial charge in [-0.3, -0.25) is 0 Å². The van der Waals surface area contributed by atoms with E-state index >= 15 is 0 Å². The highest BCUT2D eigenvalue weighted by Gasteiger charge is 2.08. The van der Waals surface area contributed by atoms with E-state index in [1.807, 2.05) is 23.7 Å². The van der Waals surface area contributed by atoms with Crippen LogP contribution in [0, 0.1) is 6.92 Å². The van der Waals surface area contributed by atoms with Crippen molar-refractivity contribution in [3.8, 4) is 0 Å². The maximum atomic E-state index is 4.27. The third-order valence-corrected chi connectivity index (χ3v) is 2.82. The van der Waals surface area contributed by atoms with Crippen molar-refractivity contribution in [3.05, 3.63) is 42.5 Å². The molecule has 1 aromatic carbocycles. The molecule has 3 aromatic rings. The lowest BCUT2D eigenvalue weighted by Gasteiger charge is -2.07. The number of benzene rings is 1. The minimum Gasteiger partial charge on any atom is -0.338 e. The molecule has 0 spiro atoms. The van der Waals surface area contributed by atoms with Gasteiger partial charge in [0, 0.05) is 12.7 Å². The normalized spacial score (nSPS) is 10.8. The predicted molar refractivity (Wildman–Crippen MR) is 70.8 cm³/mol. The molecule has 18 heavy (non-hydrogen) atoms. The second kappa shape index (κ2) is 4.10. The van der Waals surface area contributed by atoms with Crippen molar-refractivity contribution in [3.63, 3.8) is 0 Å². The van der Waals surface area contributed by atoms with Gasteiger partial charge in [-0.25, -0.2) is 15.0 Å². The highest BCUT2D eigenvalue weighted by molar-refractivity contribution is 5.85. The Bertz CT molecular complexity index is 684. The molecule has 3 rings (SSSR count). The second-order valence-electron chi connectivity index (χ2n) is 4.24. The molecule has 0 unspecified atom stereocenters. The molecule has 0 aliphatic carbocycles. The van der Waals surface area contributed by atoms with Gasteiger partial charge in [0.15, 0.2) is 11.5 Å². The van der Waals surface area contributed by atoms with E-state index in [2.05, 4.69) is 39.3 Å². The molecule has 0 radical (unpaired) electrons. The largest absolute Gasteiger partial charge is 0.338 e. The molecule has 90 valence electrons. The van der Waals surface area contributed by atoms with Crippen LogP contribution in [0.4, 0.5) is 11.5 Å². The maximum Gasteiger partial charge on any atom is 0.182 e. The fourth-order valence-corrected chi connectivity index (χ4v) is 1.85. The van der Waals surface area contributed by atoms with E-state index in [0.717, 1.165) is 17.0 Å². The van der Waals surface area contributed by atoms with Crippen molar-refractivity contribution in [2.75, 3.05) is 5.32 Å². The first-order valence-electron chi connectivity index (χ1n) is 5.70. The molecule has 1 N–H and O–H groups in total. The van der Waals surface area contributed by atoms with Gasteiger partial charge in [-0.1, -0.05) is 17.7 Å². The zero-order valence-electron chi connectivity index (χ0n) is 10.3. The highest BCUT2D eigenvalue weighted by Crippen LogP contribution is 2.21. The Kier molecular flexibility index (Phi) is 2.44. The molecule has 0 aliphatic heterocycles. The lowest BCUT2D eigenvalue weighted by molar-refractivity contribution is 0.945. The van der Waals surface area contributed by atoms with Crippen LogP contribution in [0.3, 0.4) is 0 Å². The quantitative estimate of drug-likeness (QED) is 0.746. The molecule has 0 aliphatic rings. The summed E-state index contributed by atoms with van der Waals surface area (Å²) in [6.45, 7) is 2.06. The van der Waals surface area contributed by atoms with Gasteiger partial charge in [-0.15, -0.1) is 0 Å². The topological polar surface area (TPSA) is 55.6 Å². The van der Waals surface area contributed by atoms with Crippen LogP contribution in [0.25, 0.3) is 11.2 Å². The van der Waals surface area contributed by atoms with Gasteiger partial charge in [0.05, 0.1) is 6.33 Å². The molecule has 0 fully saturated rings. The summed E-state index contributed by atoms with van der Waals surface area (Å²) in [5.74, 6) is 0.767. The zero-order chi connectivity index (χ0) is 12.5. The summed E-state index contributed by atoms with van der Waals surface area (Å²) in [7, 11) is 1.93. The summed E-state index contributed by atoms with van der Waals surface area (Å²) in [6, 6.07) is 8.17. The smallest absolute Gasteiger partial charge is 0.182 e. The Labute approximate surface area is 105 Å². The SMILES string of the molecule is Cc1ccc(Nc2ncnc3ncn(C)c23)cc1.